The molecule has 3 N–H and O–H groups in total. The molecule has 5 heteroatoms. The second-order valence-corrected chi connectivity index (χ2v) is 5.56. The number of amides is 1. The zero-order chi connectivity index (χ0) is 14.5. The van der Waals surface area contributed by atoms with E-state index < -0.39 is 0 Å². The predicted molar refractivity (Wildman–Crippen MR) is 78.4 cm³/mol. The van der Waals surface area contributed by atoms with E-state index in [0.29, 0.717) is 24.4 Å². The van der Waals surface area contributed by atoms with E-state index >= 15 is 0 Å². The lowest BCUT2D eigenvalue weighted by molar-refractivity contribution is 0.0922. The number of nitrogens with one attached hydrogen (secondary N) is 1. The Hall–Kier alpha value is -1.49. The molecule has 0 saturated heterocycles. The van der Waals surface area contributed by atoms with Gasteiger partial charge in [0.25, 0.3) is 5.91 Å². The fourth-order valence-electron chi connectivity index (χ4n) is 2.95. The number of hydrogen-bond donors (Lipinski definition) is 2. The van der Waals surface area contributed by atoms with Crippen molar-refractivity contribution in [3.8, 4) is 0 Å². The number of aromatic nitrogens is 2. The fraction of sp³-hybridized carbons (Fsp3) is 0.667. The van der Waals surface area contributed by atoms with Gasteiger partial charge in [0, 0.05) is 12.6 Å². The van der Waals surface area contributed by atoms with Crippen LogP contribution in [0.1, 0.15) is 54.4 Å². The lowest BCUT2D eigenvalue weighted by atomic mass is 9.97. The molecule has 0 aromatic carbocycles. The molecule has 1 atom stereocenters. The quantitative estimate of drug-likeness (QED) is 0.856. The Kier molecular flexibility index (Phi) is 5.06. The topological polar surface area (TPSA) is 80.9 Å². The van der Waals surface area contributed by atoms with Crippen LogP contribution in [0.5, 0.6) is 0 Å². The Morgan fingerprint density at radius 1 is 1.45 bits per heavy atom. The molecule has 1 aromatic rings. The predicted octanol–water partition coefficient (Wildman–Crippen LogP) is 1.59. The molecule has 1 saturated carbocycles. The van der Waals surface area contributed by atoms with Gasteiger partial charge in [-0.2, -0.15) is 10.2 Å². The molecule has 0 spiro atoms. The average molecular weight is 276 g/mol. The van der Waals surface area contributed by atoms with E-state index in [4.69, 9.17) is 5.73 Å². The van der Waals surface area contributed by atoms with Gasteiger partial charge in [0.2, 0.25) is 0 Å². The minimum Gasteiger partial charge on any atom is -0.348 e. The Labute approximate surface area is 120 Å². The first-order valence-electron chi connectivity index (χ1n) is 7.49. The third-order valence-electron chi connectivity index (χ3n) is 4.11. The lowest BCUT2D eigenvalue weighted by Gasteiger charge is -2.23. The molecule has 110 valence electrons. The summed E-state index contributed by atoms with van der Waals surface area (Å²) in [5.41, 5.74) is 7.98. The number of aryl methyl sites for hydroxylation is 2. The normalized spacial score (nSPS) is 17.1. The minimum absolute atomic E-state index is 0.0674. The molecular formula is C15H24N4O. The molecule has 5 nitrogen and oxygen atoms in total. The van der Waals surface area contributed by atoms with Crippen LogP contribution in [0.2, 0.25) is 0 Å². The number of nitrogens with zero attached hydrogens (tertiary/aromatic N) is 2. The molecule has 1 fully saturated rings. The van der Waals surface area contributed by atoms with Crippen molar-refractivity contribution in [2.75, 3.05) is 6.54 Å². The van der Waals surface area contributed by atoms with Crippen LogP contribution >= 0.6 is 0 Å². The summed E-state index contributed by atoms with van der Waals surface area (Å²) in [7, 11) is 0. The third kappa shape index (κ3) is 3.33. The van der Waals surface area contributed by atoms with Gasteiger partial charge < -0.3 is 11.1 Å². The first-order valence-corrected chi connectivity index (χ1v) is 7.49. The molecule has 20 heavy (non-hydrogen) atoms. The number of carbonyl (C=O) groups excluding carboxylic acids is 1. The van der Waals surface area contributed by atoms with Crippen LogP contribution in [0, 0.1) is 12.8 Å². The molecule has 0 aliphatic heterocycles. The monoisotopic (exact) mass is 276 g/mol. The van der Waals surface area contributed by atoms with Gasteiger partial charge in [-0.25, -0.2) is 0 Å². The molecule has 1 unspecified atom stereocenters. The average Bonchev–Trinajstić information content (AvgIpc) is 2.98. The summed E-state index contributed by atoms with van der Waals surface area (Å²) in [5.74, 6) is 0.451. The number of rotatable bonds is 5. The Bertz CT molecular complexity index is 469. The second-order valence-electron chi connectivity index (χ2n) is 5.56. The van der Waals surface area contributed by atoms with Crippen molar-refractivity contribution < 1.29 is 4.79 Å². The fourth-order valence-corrected chi connectivity index (χ4v) is 2.95. The lowest BCUT2D eigenvalue weighted by Crippen LogP contribution is -2.45. The third-order valence-corrected chi connectivity index (χ3v) is 4.11. The maximum Gasteiger partial charge on any atom is 0.253 e. The van der Waals surface area contributed by atoms with Crippen LogP contribution in [0.15, 0.2) is 6.07 Å². The Balaban J connectivity index is 2.12. The van der Waals surface area contributed by atoms with Gasteiger partial charge in [-0.1, -0.05) is 19.8 Å². The van der Waals surface area contributed by atoms with Crippen LogP contribution in [0.3, 0.4) is 0 Å². The van der Waals surface area contributed by atoms with Gasteiger partial charge in [0.05, 0.1) is 17.0 Å². The van der Waals surface area contributed by atoms with E-state index in [-0.39, 0.29) is 11.9 Å². The summed E-state index contributed by atoms with van der Waals surface area (Å²) >= 11 is 0. The van der Waals surface area contributed by atoms with Crippen LogP contribution in [0.4, 0.5) is 0 Å². The van der Waals surface area contributed by atoms with Gasteiger partial charge in [-0.05, 0) is 38.2 Å². The molecule has 1 aliphatic carbocycles. The highest BCUT2D eigenvalue weighted by Gasteiger charge is 2.26. The Morgan fingerprint density at radius 3 is 2.75 bits per heavy atom. The summed E-state index contributed by atoms with van der Waals surface area (Å²) in [4.78, 5) is 12.5. The summed E-state index contributed by atoms with van der Waals surface area (Å²) in [6, 6.07) is 1.88. The smallest absolute Gasteiger partial charge is 0.253 e. The van der Waals surface area contributed by atoms with E-state index in [1.165, 1.54) is 12.8 Å². The molecule has 2 rings (SSSR count). The van der Waals surface area contributed by atoms with Gasteiger partial charge in [0.15, 0.2) is 0 Å². The highest BCUT2D eigenvalue weighted by Crippen LogP contribution is 2.27. The van der Waals surface area contributed by atoms with Crippen LogP contribution in [-0.4, -0.2) is 28.7 Å². The largest absolute Gasteiger partial charge is 0.348 e. The summed E-state index contributed by atoms with van der Waals surface area (Å²) in [6.45, 7) is 4.32. The van der Waals surface area contributed by atoms with Gasteiger partial charge >= 0.3 is 0 Å². The molecule has 0 bridgehead atoms. The van der Waals surface area contributed by atoms with Crippen LogP contribution in [-0.2, 0) is 6.42 Å². The van der Waals surface area contributed by atoms with E-state index in [1.807, 2.05) is 19.9 Å². The maximum atomic E-state index is 12.5. The first-order chi connectivity index (χ1) is 9.65. The molecule has 1 aromatic heterocycles. The number of hydrogen-bond acceptors (Lipinski definition) is 4. The first kappa shape index (κ1) is 14.9. The highest BCUT2D eigenvalue weighted by atomic mass is 16.1. The summed E-state index contributed by atoms with van der Waals surface area (Å²) < 4.78 is 0. The van der Waals surface area contributed by atoms with Crippen molar-refractivity contribution in [3.05, 3.63) is 23.0 Å². The van der Waals surface area contributed by atoms with Crippen molar-refractivity contribution in [1.29, 1.82) is 0 Å². The molecular weight excluding hydrogens is 252 g/mol. The van der Waals surface area contributed by atoms with Gasteiger partial charge in [-0.3, -0.25) is 4.79 Å². The molecule has 1 amide bonds. The van der Waals surface area contributed by atoms with Crippen molar-refractivity contribution in [3.63, 3.8) is 0 Å². The van der Waals surface area contributed by atoms with Crippen molar-refractivity contribution in [2.45, 2.75) is 52.0 Å². The summed E-state index contributed by atoms with van der Waals surface area (Å²) in [6.07, 6.45) is 5.51. The van der Waals surface area contributed by atoms with E-state index in [0.717, 1.165) is 24.2 Å². The highest BCUT2D eigenvalue weighted by molar-refractivity contribution is 5.95. The summed E-state index contributed by atoms with van der Waals surface area (Å²) in [5, 5.41) is 11.2. The van der Waals surface area contributed by atoms with Crippen molar-refractivity contribution in [1.82, 2.24) is 15.5 Å². The van der Waals surface area contributed by atoms with Crippen LogP contribution < -0.4 is 11.1 Å². The van der Waals surface area contributed by atoms with E-state index in [1.54, 1.807) is 0 Å². The van der Waals surface area contributed by atoms with Gasteiger partial charge in [0.1, 0.15) is 0 Å². The minimum atomic E-state index is -0.0674. The second kappa shape index (κ2) is 6.79. The molecule has 1 aliphatic rings. The van der Waals surface area contributed by atoms with Crippen molar-refractivity contribution in [2.24, 2.45) is 11.7 Å². The SMILES string of the molecule is CCc1nnc(C)cc1C(=O)NC(CN)C1CCCC1. The van der Waals surface area contributed by atoms with Gasteiger partial charge in [-0.15, -0.1) is 0 Å². The zero-order valence-corrected chi connectivity index (χ0v) is 12.4. The maximum absolute atomic E-state index is 12.5. The molecule has 1 heterocycles. The number of nitrogens with two attached hydrogens (primary N) is 1. The standard InChI is InChI=1S/C15H24N4O/c1-3-13-12(8-10(2)18-19-13)15(20)17-14(9-16)11-6-4-5-7-11/h8,11,14H,3-7,9,16H2,1-2H3,(H,17,20). The van der Waals surface area contributed by atoms with Crippen molar-refractivity contribution >= 4 is 5.91 Å². The molecule has 0 radical (unpaired) electrons. The Morgan fingerprint density at radius 2 is 2.15 bits per heavy atom. The van der Waals surface area contributed by atoms with E-state index in [9.17, 15) is 4.79 Å². The number of carbonyl (C=O) groups is 1. The van der Waals surface area contributed by atoms with Crippen LogP contribution in [0.25, 0.3) is 0 Å². The zero-order valence-electron chi connectivity index (χ0n) is 12.4. The van der Waals surface area contributed by atoms with E-state index in [2.05, 4.69) is 15.5 Å².